The van der Waals surface area contributed by atoms with Crippen molar-refractivity contribution in [2.75, 3.05) is 18.2 Å². The normalized spacial score (nSPS) is 10.1. The summed E-state index contributed by atoms with van der Waals surface area (Å²) in [6.07, 6.45) is 0. The van der Waals surface area contributed by atoms with Gasteiger partial charge in [-0.15, -0.1) is 0 Å². The fraction of sp³-hybridized carbons (Fsp3) is 0.0714. The van der Waals surface area contributed by atoms with Crippen molar-refractivity contribution < 1.29 is 9.53 Å². The van der Waals surface area contributed by atoms with Gasteiger partial charge < -0.3 is 21.5 Å². The highest BCUT2D eigenvalue weighted by Gasteiger charge is 2.10. The summed E-state index contributed by atoms with van der Waals surface area (Å²) in [5.41, 5.74) is 13.2. The minimum absolute atomic E-state index is 0.291. The van der Waals surface area contributed by atoms with Gasteiger partial charge in [0.05, 0.1) is 28.5 Å². The van der Waals surface area contributed by atoms with Crippen molar-refractivity contribution in [1.82, 2.24) is 0 Å². The second-order valence-electron chi connectivity index (χ2n) is 4.11. The maximum Gasteiger partial charge on any atom is 0.250 e. The molecule has 0 aromatic heterocycles. The molecule has 20 heavy (non-hydrogen) atoms. The number of methoxy groups -OCH3 is 1. The number of hydrogen-bond donors (Lipinski definition) is 3. The Bertz CT molecular complexity index is 659. The molecule has 0 bridgehead atoms. The molecule has 0 radical (unpaired) electrons. The molecule has 0 saturated heterocycles. The van der Waals surface area contributed by atoms with E-state index in [1.807, 2.05) is 18.2 Å². The number of nitrogens with one attached hydrogen (secondary N) is 1. The summed E-state index contributed by atoms with van der Waals surface area (Å²) in [6, 6.07) is 10.6. The van der Waals surface area contributed by atoms with Crippen molar-refractivity contribution in [3.63, 3.8) is 0 Å². The smallest absolute Gasteiger partial charge is 0.250 e. The Morgan fingerprint density at radius 2 is 2.05 bits per heavy atom. The van der Waals surface area contributed by atoms with Crippen LogP contribution in [0.3, 0.4) is 0 Å². The van der Waals surface area contributed by atoms with Crippen LogP contribution in [0.25, 0.3) is 0 Å². The maximum atomic E-state index is 11.3. The van der Waals surface area contributed by atoms with Crippen LogP contribution in [-0.4, -0.2) is 13.0 Å². The molecule has 104 valence electrons. The Balaban J connectivity index is 2.35. The highest BCUT2D eigenvalue weighted by molar-refractivity contribution is 9.10. The van der Waals surface area contributed by atoms with E-state index in [9.17, 15) is 4.79 Å². The maximum absolute atomic E-state index is 11.3. The molecule has 5 nitrogen and oxygen atoms in total. The molecule has 5 N–H and O–H groups in total. The lowest BCUT2D eigenvalue weighted by molar-refractivity contribution is 0.100. The molecule has 0 saturated carbocycles. The van der Waals surface area contributed by atoms with Crippen molar-refractivity contribution >= 4 is 38.9 Å². The zero-order chi connectivity index (χ0) is 14.7. The van der Waals surface area contributed by atoms with Crippen molar-refractivity contribution in [3.05, 3.63) is 46.4 Å². The average molecular weight is 336 g/mol. The predicted octanol–water partition coefficient (Wildman–Crippen LogP) is 2.88. The minimum Gasteiger partial charge on any atom is -0.495 e. The molecular formula is C14H14BrN3O2. The zero-order valence-electron chi connectivity index (χ0n) is 10.8. The molecule has 0 heterocycles. The number of benzene rings is 2. The van der Waals surface area contributed by atoms with Gasteiger partial charge in [0.25, 0.3) is 5.91 Å². The van der Waals surface area contributed by atoms with Gasteiger partial charge >= 0.3 is 0 Å². The lowest BCUT2D eigenvalue weighted by atomic mass is 10.1. The summed E-state index contributed by atoms with van der Waals surface area (Å²) in [7, 11) is 1.59. The van der Waals surface area contributed by atoms with Crippen molar-refractivity contribution in [1.29, 1.82) is 0 Å². The van der Waals surface area contributed by atoms with Gasteiger partial charge in [-0.05, 0) is 40.2 Å². The van der Waals surface area contributed by atoms with E-state index in [0.717, 1.165) is 10.2 Å². The van der Waals surface area contributed by atoms with E-state index in [-0.39, 0.29) is 0 Å². The molecule has 2 aromatic rings. The topological polar surface area (TPSA) is 90.4 Å². The van der Waals surface area contributed by atoms with Crippen LogP contribution in [0.1, 0.15) is 10.4 Å². The average Bonchev–Trinajstić information content (AvgIpc) is 2.42. The van der Waals surface area contributed by atoms with E-state index in [2.05, 4.69) is 21.2 Å². The number of nitrogens with two attached hydrogens (primary N) is 2. The zero-order valence-corrected chi connectivity index (χ0v) is 12.4. The summed E-state index contributed by atoms with van der Waals surface area (Å²) in [4.78, 5) is 11.3. The Morgan fingerprint density at radius 1 is 1.30 bits per heavy atom. The van der Waals surface area contributed by atoms with Crippen LogP contribution in [0.15, 0.2) is 40.9 Å². The molecular weight excluding hydrogens is 322 g/mol. The van der Waals surface area contributed by atoms with Crippen molar-refractivity contribution in [3.8, 4) is 5.75 Å². The minimum atomic E-state index is -0.556. The quantitative estimate of drug-likeness (QED) is 0.749. The van der Waals surface area contributed by atoms with Crippen LogP contribution >= 0.6 is 15.9 Å². The third kappa shape index (κ3) is 2.85. The molecule has 0 aliphatic carbocycles. The number of carbonyl (C=O) groups excluding carboxylic acids is 1. The number of carbonyl (C=O) groups is 1. The first-order valence-electron chi connectivity index (χ1n) is 5.81. The van der Waals surface area contributed by atoms with Crippen molar-refractivity contribution in [2.45, 2.75) is 0 Å². The second kappa shape index (κ2) is 5.83. The third-order valence-corrected chi connectivity index (χ3v) is 3.46. The molecule has 6 heteroatoms. The lowest BCUT2D eigenvalue weighted by Crippen LogP contribution is -2.14. The molecule has 2 aromatic carbocycles. The van der Waals surface area contributed by atoms with Gasteiger partial charge in [0.15, 0.2) is 0 Å². The van der Waals surface area contributed by atoms with Gasteiger partial charge in [0, 0.05) is 11.8 Å². The third-order valence-electron chi connectivity index (χ3n) is 2.80. The summed E-state index contributed by atoms with van der Waals surface area (Å²) in [5.74, 6) is 0.138. The van der Waals surface area contributed by atoms with Gasteiger partial charge in [-0.3, -0.25) is 4.79 Å². The first-order valence-corrected chi connectivity index (χ1v) is 6.61. The predicted molar refractivity (Wildman–Crippen MR) is 83.3 cm³/mol. The highest BCUT2D eigenvalue weighted by atomic mass is 79.9. The molecule has 1 amide bonds. The summed E-state index contributed by atoms with van der Waals surface area (Å²) in [5, 5.41) is 3.14. The number of ether oxygens (including phenoxy) is 1. The molecule has 0 spiro atoms. The fourth-order valence-electron chi connectivity index (χ4n) is 1.78. The molecule has 0 atom stereocenters. The van der Waals surface area contributed by atoms with Crippen LogP contribution in [0.5, 0.6) is 5.75 Å². The van der Waals surface area contributed by atoms with Crippen LogP contribution in [0.2, 0.25) is 0 Å². The number of nitrogen functional groups attached to an aromatic ring is 1. The van der Waals surface area contributed by atoms with Crippen molar-refractivity contribution in [2.24, 2.45) is 5.73 Å². The SMILES string of the molecule is COc1cc(Nc2cccc(C(N)=O)c2N)ccc1Br. The summed E-state index contributed by atoms with van der Waals surface area (Å²) >= 11 is 3.38. The first kappa shape index (κ1) is 14.2. The van der Waals surface area contributed by atoms with Gasteiger partial charge in [0.2, 0.25) is 0 Å². The molecule has 0 aliphatic rings. The fourth-order valence-corrected chi connectivity index (χ4v) is 2.19. The van der Waals surface area contributed by atoms with E-state index in [0.29, 0.717) is 22.7 Å². The van der Waals surface area contributed by atoms with E-state index in [1.54, 1.807) is 25.3 Å². The summed E-state index contributed by atoms with van der Waals surface area (Å²) in [6.45, 7) is 0. The Labute approximate surface area is 125 Å². The van der Waals surface area contributed by atoms with Gasteiger partial charge in [-0.1, -0.05) is 6.07 Å². The number of hydrogen-bond acceptors (Lipinski definition) is 4. The second-order valence-corrected chi connectivity index (χ2v) is 4.96. The molecule has 0 unspecified atom stereocenters. The van der Waals surface area contributed by atoms with Crippen LogP contribution in [0, 0.1) is 0 Å². The van der Waals surface area contributed by atoms with E-state index in [4.69, 9.17) is 16.2 Å². The number of amides is 1. The van der Waals surface area contributed by atoms with E-state index < -0.39 is 5.91 Å². The number of rotatable bonds is 4. The molecule has 0 fully saturated rings. The van der Waals surface area contributed by atoms with Crippen LogP contribution in [0.4, 0.5) is 17.1 Å². The van der Waals surface area contributed by atoms with E-state index in [1.165, 1.54) is 0 Å². The van der Waals surface area contributed by atoms with Gasteiger partial charge in [-0.2, -0.15) is 0 Å². The number of primary amides is 1. The number of halogens is 1. The standard InChI is InChI=1S/C14H14BrN3O2/c1-20-12-7-8(5-6-10(12)15)18-11-4-2-3-9(13(11)16)14(17)19/h2-7,18H,16H2,1H3,(H2,17,19). The number of para-hydroxylation sites is 1. The van der Waals surface area contributed by atoms with Gasteiger partial charge in [-0.25, -0.2) is 0 Å². The van der Waals surface area contributed by atoms with Crippen LogP contribution in [-0.2, 0) is 0 Å². The molecule has 2 rings (SSSR count). The van der Waals surface area contributed by atoms with E-state index >= 15 is 0 Å². The number of anilines is 3. The lowest BCUT2D eigenvalue weighted by Gasteiger charge is -2.13. The Hall–Kier alpha value is -2.21. The highest BCUT2D eigenvalue weighted by Crippen LogP contribution is 2.31. The molecule has 0 aliphatic heterocycles. The van der Waals surface area contributed by atoms with Gasteiger partial charge in [0.1, 0.15) is 5.75 Å². The Morgan fingerprint density at radius 3 is 2.70 bits per heavy atom. The monoisotopic (exact) mass is 335 g/mol. The first-order chi connectivity index (χ1) is 9.52. The summed E-state index contributed by atoms with van der Waals surface area (Å²) < 4.78 is 6.07. The van der Waals surface area contributed by atoms with Crippen LogP contribution < -0.4 is 21.5 Å². The largest absolute Gasteiger partial charge is 0.495 e. The Kier molecular flexibility index (Phi) is 4.14.